The van der Waals surface area contributed by atoms with Gasteiger partial charge in [0.25, 0.3) is 0 Å². The van der Waals surface area contributed by atoms with Crippen LogP contribution in [-0.2, 0) is 5.60 Å². The smallest absolute Gasteiger partial charge is 0.215 e. The van der Waals surface area contributed by atoms with Crippen molar-refractivity contribution in [3.8, 4) is 5.75 Å². The highest BCUT2D eigenvalue weighted by molar-refractivity contribution is 5.82. The van der Waals surface area contributed by atoms with E-state index < -0.39 is 5.60 Å². The van der Waals surface area contributed by atoms with Crippen LogP contribution in [-0.4, -0.2) is 23.3 Å². The molecule has 6 heteroatoms. The number of phenolic OH excluding ortho intramolecular Hbond substituents is 1. The van der Waals surface area contributed by atoms with Gasteiger partial charge in [-0.15, -0.1) is 0 Å². The lowest BCUT2D eigenvalue weighted by atomic mass is 9.84. The van der Waals surface area contributed by atoms with Crippen molar-refractivity contribution in [3.63, 3.8) is 0 Å². The second kappa shape index (κ2) is 6.39. The summed E-state index contributed by atoms with van der Waals surface area (Å²) in [4.78, 5) is 14.8. The molecule has 0 unspecified atom stereocenters. The summed E-state index contributed by atoms with van der Waals surface area (Å²) in [6, 6.07) is 8.96. The van der Waals surface area contributed by atoms with Gasteiger partial charge in [-0.25, -0.2) is 4.39 Å². The fraction of sp³-hybridized carbons (Fsp3) is 0.286. The van der Waals surface area contributed by atoms with Crippen molar-refractivity contribution < 1.29 is 19.0 Å². The van der Waals surface area contributed by atoms with Gasteiger partial charge in [0.15, 0.2) is 0 Å². The molecule has 1 aliphatic rings. The Bertz CT molecular complexity index is 1050. The van der Waals surface area contributed by atoms with Crippen molar-refractivity contribution in [1.29, 1.82) is 0 Å². The van der Waals surface area contributed by atoms with Crippen molar-refractivity contribution in [1.82, 2.24) is 0 Å². The maximum absolute atomic E-state index is 13.1. The zero-order chi connectivity index (χ0) is 19.2. The first kappa shape index (κ1) is 17.5. The number of aromatic hydroxyl groups is 1. The Hall–Kier alpha value is -2.86. The fourth-order valence-corrected chi connectivity index (χ4v) is 3.65. The fourth-order valence-electron chi connectivity index (χ4n) is 3.65. The van der Waals surface area contributed by atoms with E-state index in [9.17, 15) is 19.4 Å². The first-order chi connectivity index (χ1) is 12.9. The molecule has 1 aromatic heterocycles. The molecule has 140 valence electrons. The van der Waals surface area contributed by atoms with Gasteiger partial charge < -0.3 is 19.5 Å². The number of aliphatic hydroxyl groups is 1. The number of rotatable bonds is 2. The minimum absolute atomic E-state index is 0.0840. The van der Waals surface area contributed by atoms with Gasteiger partial charge in [0.05, 0.1) is 11.0 Å². The zero-order valence-corrected chi connectivity index (χ0v) is 14.9. The molecular formula is C21H20FNO4. The molecule has 0 saturated carbocycles. The molecule has 5 nitrogen and oxygen atoms in total. The van der Waals surface area contributed by atoms with E-state index in [1.807, 2.05) is 4.90 Å². The van der Waals surface area contributed by atoms with Crippen LogP contribution in [0.3, 0.4) is 0 Å². The summed E-state index contributed by atoms with van der Waals surface area (Å²) in [5, 5.41) is 21.1. The molecule has 2 aromatic carbocycles. The number of piperidine rings is 1. The van der Waals surface area contributed by atoms with Gasteiger partial charge in [-0.1, -0.05) is 12.1 Å². The van der Waals surface area contributed by atoms with Crippen LogP contribution in [0.5, 0.6) is 5.75 Å². The largest absolute Gasteiger partial charge is 0.508 e. The third kappa shape index (κ3) is 3.06. The zero-order valence-electron chi connectivity index (χ0n) is 14.9. The molecule has 1 fully saturated rings. The van der Waals surface area contributed by atoms with Crippen LogP contribution >= 0.6 is 0 Å². The summed E-state index contributed by atoms with van der Waals surface area (Å²) < 4.78 is 18.7. The maximum Gasteiger partial charge on any atom is 0.215 e. The first-order valence-corrected chi connectivity index (χ1v) is 8.86. The molecule has 0 radical (unpaired) electrons. The maximum atomic E-state index is 13.1. The Morgan fingerprint density at radius 3 is 2.48 bits per heavy atom. The van der Waals surface area contributed by atoms with E-state index in [-0.39, 0.29) is 17.0 Å². The Labute approximate surface area is 155 Å². The number of anilines is 1. The van der Waals surface area contributed by atoms with Crippen LogP contribution in [0.1, 0.15) is 24.0 Å². The van der Waals surface area contributed by atoms with E-state index in [2.05, 4.69) is 0 Å². The summed E-state index contributed by atoms with van der Waals surface area (Å²) >= 11 is 0. The monoisotopic (exact) mass is 369 g/mol. The van der Waals surface area contributed by atoms with Crippen LogP contribution in [0.2, 0.25) is 0 Å². The van der Waals surface area contributed by atoms with Gasteiger partial charge in [0.1, 0.15) is 29.1 Å². The normalized spacial score (nSPS) is 16.6. The van der Waals surface area contributed by atoms with Crippen molar-refractivity contribution >= 4 is 16.7 Å². The topological polar surface area (TPSA) is 73.9 Å². The second-order valence-corrected chi connectivity index (χ2v) is 7.11. The number of fused-ring (bicyclic) bond motifs is 1. The number of benzene rings is 2. The van der Waals surface area contributed by atoms with Gasteiger partial charge in [-0.05, 0) is 49.1 Å². The quantitative estimate of drug-likeness (QED) is 0.724. The van der Waals surface area contributed by atoms with Crippen molar-refractivity contribution in [2.45, 2.75) is 25.4 Å². The van der Waals surface area contributed by atoms with Gasteiger partial charge in [-0.3, -0.25) is 4.79 Å². The number of aryl methyl sites for hydroxylation is 1. The molecule has 3 aromatic rings. The number of hydrogen-bond acceptors (Lipinski definition) is 5. The van der Waals surface area contributed by atoms with Gasteiger partial charge in [0, 0.05) is 19.2 Å². The standard InChI is InChI=1S/C21H20FNO4/c1-13-10-16-19(11-18(13)24)27-12-17(20(16)25)23-8-6-21(26,7-9-23)14-2-4-15(22)5-3-14/h2-5,10-12,24,26H,6-9H2,1H3. The molecule has 0 spiro atoms. The van der Waals surface area contributed by atoms with Crippen molar-refractivity contribution in [3.05, 3.63) is 69.8 Å². The van der Waals surface area contributed by atoms with Gasteiger partial charge in [0.2, 0.25) is 5.43 Å². The third-order valence-corrected chi connectivity index (χ3v) is 5.39. The van der Waals surface area contributed by atoms with E-state index in [0.717, 1.165) is 0 Å². The van der Waals surface area contributed by atoms with Crippen molar-refractivity contribution in [2.24, 2.45) is 0 Å². The highest BCUT2D eigenvalue weighted by Crippen LogP contribution is 2.34. The molecule has 0 amide bonds. The number of phenols is 1. The molecule has 0 atom stereocenters. The summed E-state index contributed by atoms with van der Waals surface area (Å²) in [6.45, 7) is 2.67. The van der Waals surface area contributed by atoms with Crippen molar-refractivity contribution in [2.75, 3.05) is 18.0 Å². The molecule has 27 heavy (non-hydrogen) atoms. The Morgan fingerprint density at radius 2 is 1.81 bits per heavy atom. The summed E-state index contributed by atoms with van der Waals surface area (Å²) in [5.41, 5.74) is 0.868. The van der Waals surface area contributed by atoms with E-state index in [4.69, 9.17) is 4.42 Å². The van der Waals surface area contributed by atoms with E-state index in [0.29, 0.717) is 53.7 Å². The highest BCUT2D eigenvalue weighted by Gasteiger charge is 2.34. The van der Waals surface area contributed by atoms with Crippen LogP contribution in [0.15, 0.2) is 51.9 Å². The van der Waals surface area contributed by atoms with Gasteiger partial charge >= 0.3 is 0 Å². The summed E-state index contributed by atoms with van der Waals surface area (Å²) in [7, 11) is 0. The van der Waals surface area contributed by atoms with Crippen LogP contribution in [0, 0.1) is 12.7 Å². The third-order valence-electron chi connectivity index (χ3n) is 5.39. The van der Waals surface area contributed by atoms with Gasteiger partial charge in [-0.2, -0.15) is 0 Å². The Balaban J connectivity index is 1.61. The lowest BCUT2D eigenvalue weighted by Crippen LogP contribution is -2.44. The molecular weight excluding hydrogens is 349 g/mol. The number of hydrogen-bond donors (Lipinski definition) is 2. The first-order valence-electron chi connectivity index (χ1n) is 8.86. The van der Waals surface area contributed by atoms with E-state index in [1.165, 1.54) is 24.5 Å². The van der Waals surface area contributed by atoms with Crippen LogP contribution in [0.4, 0.5) is 10.1 Å². The Kier molecular flexibility index (Phi) is 4.15. The SMILES string of the molecule is Cc1cc2c(=O)c(N3CCC(O)(c4ccc(F)cc4)CC3)coc2cc1O. The predicted molar refractivity (Wildman–Crippen MR) is 101 cm³/mol. The minimum atomic E-state index is -1.04. The molecule has 1 saturated heterocycles. The average molecular weight is 369 g/mol. The minimum Gasteiger partial charge on any atom is -0.508 e. The molecule has 0 bridgehead atoms. The summed E-state index contributed by atoms with van der Waals surface area (Å²) in [6.07, 6.45) is 2.25. The second-order valence-electron chi connectivity index (χ2n) is 7.11. The number of halogens is 1. The van der Waals surface area contributed by atoms with Crippen LogP contribution in [0.25, 0.3) is 11.0 Å². The van der Waals surface area contributed by atoms with E-state index >= 15 is 0 Å². The number of nitrogens with zero attached hydrogens (tertiary/aromatic N) is 1. The lowest BCUT2D eigenvalue weighted by molar-refractivity contribution is 0.0116. The molecule has 4 rings (SSSR count). The Morgan fingerprint density at radius 1 is 1.15 bits per heavy atom. The predicted octanol–water partition coefficient (Wildman–Crippen LogP) is 3.43. The highest BCUT2D eigenvalue weighted by atomic mass is 19.1. The molecule has 1 aliphatic heterocycles. The molecule has 2 heterocycles. The van der Waals surface area contributed by atoms with Crippen LogP contribution < -0.4 is 10.3 Å². The summed E-state index contributed by atoms with van der Waals surface area (Å²) in [5.74, 6) is -0.254. The molecule has 0 aliphatic carbocycles. The molecule has 2 N–H and O–H groups in total. The lowest BCUT2D eigenvalue weighted by Gasteiger charge is -2.39. The average Bonchev–Trinajstić information content (AvgIpc) is 2.65. The van der Waals surface area contributed by atoms with E-state index in [1.54, 1.807) is 25.1 Å².